The molecule has 0 aromatic carbocycles. The second-order valence-electron chi connectivity index (χ2n) is 24.8. The molecule has 10 heteroatoms. The van der Waals surface area contributed by atoms with Crippen LogP contribution in [0.4, 0.5) is 0 Å². The van der Waals surface area contributed by atoms with Crippen LogP contribution in [0.5, 0.6) is 0 Å². The van der Waals surface area contributed by atoms with Gasteiger partial charge in [-0.2, -0.15) is 0 Å². The maximum Gasteiger partial charge on any atom is 0.472 e. The Hall–Kier alpha value is -0.990. The lowest BCUT2D eigenvalue weighted by molar-refractivity contribution is -0.161. The molecule has 0 rings (SSSR count). The number of rotatable bonds is 70. The number of phosphoric acid groups is 1. The molecule has 0 aromatic rings. The van der Waals surface area contributed by atoms with Crippen molar-refractivity contribution < 1.29 is 37.6 Å². The van der Waals surface area contributed by atoms with Crippen molar-refractivity contribution in [2.24, 2.45) is 5.73 Å². The Morgan fingerprint density at radius 3 is 0.762 bits per heavy atom. The molecule has 80 heavy (non-hydrogen) atoms. The summed E-state index contributed by atoms with van der Waals surface area (Å²) in [6, 6.07) is 0. The Labute approximate surface area is 498 Å². The first-order chi connectivity index (χ1) is 39.3. The highest BCUT2D eigenvalue weighted by molar-refractivity contribution is 7.47. The summed E-state index contributed by atoms with van der Waals surface area (Å²) in [6.45, 7) is 3.85. The van der Waals surface area contributed by atoms with Crippen LogP contribution in [0.25, 0.3) is 0 Å². The maximum atomic E-state index is 12.8. The molecule has 9 nitrogen and oxygen atoms in total. The van der Waals surface area contributed by atoms with Crippen LogP contribution in [0.1, 0.15) is 406 Å². The van der Waals surface area contributed by atoms with Crippen LogP contribution in [-0.4, -0.2) is 49.3 Å². The van der Waals surface area contributed by atoms with Gasteiger partial charge in [-0.25, -0.2) is 4.57 Å². The van der Waals surface area contributed by atoms with Gasteiger partial charge in [-0.05, 0) is 12.8 Å². The monoisotopic (exact) mass is 1150 g/mol. The summed E-state index contributed by atoms with van der Waals surface area (Å²) in [5, 5.41) is 0. The normalized spacial score (nSPS) is 12.8. The Morgan fingerprint density at radius 2 is 0.537 bits per heavy atom. The summed E-state index contributed by atoms with van der Waals surface area (Å²) in [5.41, 5.74) is 5.41. The van der Waals surface area contributed by atoms with Gasteiger partial charge in [0.2, 0.25) is 0 Å². The molecule has 0 heterocycles. The highest BCUT2D eigenvalue weighted by Crippen LogP contribution is 2.43. The average molecular weight is 1150 g/mol. The van der Waals surface area contributed by atoms with Crippen LogP contribution in [0.2, 0.25) is 0 Å². The predicted molar refractivity (Wildman–Crippen MR) is 345 cm³/mol. The molecule has 0 saturated heterocycles. The van der Waals surface area contributed by atoms with Gasteiger partial charge in [-0.15, -0.1) is 0 Å². The van der Waals surface area contributed by atoms with Crippen molar-refractivity contribution >= 4 is 19.8 Å². The fourth-order valence-corrected chi connectivity index (χ4v) is 12.2. The zero-order valence-corrected chi connectivity index (χ0v) is 54.8. The van der Waals surface area contributed by atoms with E-state index >= 15 is 0 Å². The Balaban J connectivity index is 3.78. The fraction of sp³-hybridized carbons (Fsp3) is 0.971. The number of phosphoric ester groups is 1. The third-order valence-electron chi connectivity index (χ3n) is 16.7. The van der Waals surface area contributed by atoms with Crippen LogP contribution in [0, 0.1) is 0 Å². The van der Waals surface area contributed by atoms with Crippen LogP contribution in [0.3, 0.4) is 0 Å². The summed E-state index contributed by atoms with van der Waals surface area (Å²) in [5.74, 6) is -0.796. The van der Waals surface area contributed by atoms with Crippen LogP contribution < -0.4 is 5.73 Å². The van der Waals surface area contributed by atoms with Gasteiger partial charge in [0.25, 0.3) is 0 Å². The minimum atomic E-state index is -4.39. The Bertz CT molecular complexity index is 1270. The van der Waals surface area contributed by atoms with E-state index in [4.69, 9.17) is 24.3 Å². The first kappa shape index (κ1) is 79.0. The number of nitrogens with two attached hydrogens (primary N) is 1. The molecule has 0 spiro atoms. The number of hydrogen-bond donors (Lipinski definition) is 2. The van der Waals surface area contributed by atoms with Gasteiger partial charge in [0.15, 0.2) is 6.10 Å². The molecule has 0 aliphatic heterocycles. The van der Waals surface area contributed by atoms with E-state index in [1.807, 2.05) is 0 Å². The second kappa shape index (κ2) is 67.1. The lowest BCUT2D eigenvalue weighted by Crippen LogP contribution is -2.29. The van der Waals surface area contributed by atoms with Crippen molar-refractivity contribution in [2.75, 3.05) is 26.4 Å². The Kier molecular flexibility index (Phi) is 66.3. The van der Waals surface area contributed by atoms with E-state index in [1.54, 1.807) is 0 Å². The first-order valence-electron chi connectivity index (χ1n) is 36.0. The second-order valence-corrected chi connectivity index (χ2v) is 26.3. The van der Waals surface area contributed by atoms with Gasteiger partial charge in [0, 0.05) is 19.4 Å². The van der Waals surface area contributed by atoms with Gasteiger partial charge < -0.3 is 20.1 Å². The molecule has 2 atom stereocenters. The topological polar surface area (TPSA) is 134 Å². The summed E-state index contributed by atoms with van der Waals surface area (Å²) in [4.78, 5) is 35.4. The van der Waals surface area contributed by atoms with Gasteiger partial charge >= 0.3 is 19.8 Å². The Morgan fingerprint density at radius 1 is 0.325 bits per heavy atom. The lowest BCUT2D eigenvalue weighted by atomic mass is 10.0. The molecule has 0 aromatic heterocycles. The summed E-state index contributed by atoms with van der Waals surface area (Å²) >= 11 is 0. The quantitative estimate of drug-likeness (QED) is 0.0347. The van der Waals surface area contributed by atoms with E-state index in [-0.39, 0.29) is 32.1 Å². The molecule has 0 bridgehead atoms. The minimum Gasteiger partial charge on any atom is -0.462 e. The molecule has 3 N–H and O–H groups in total. The third kappa shape index (κ3) is 66.2. The first-order valence-corrected chi connectivity index (χ1v) is 37.5. The van der Waals surface area contributed by atoms with Crippen LogP contribution in [0.15, 0.2) is 0 Å². The molecule has 0 aliphatic carbocycles. The summed E-state index contributed by atoms with van der Waals surface area (Å²) in [6.07, 6.45) is 79.3. The minimum absolute atomic E-state index is 0.0589. The van der Waals surface area contributed by atoms with E-state index < -0.39 is 26.5 Å². The van der Waals surface area contributed by atoms with E-state index in [9.17, 15) is 19.0 Å². The molecule has 0 aliphatic rings. The van der Waals surface area contributed by atoms with E-state index in [1.165, 1.54) is 340 Å². The van der Waals surface area contributed by atoms with Crippen molar-refractivity contribution in [3.8, 4) is 0 Å². The molecule has 478 valence electrons. The zero-order chi connectivity index (χ0) is 58.0. The molecular formula is C70H140NO8P. The third-order valence-corrected chi connectivity index (χ3v) is 17.7. The van der Waals surface area contributed by atoms with E-state index in [0.29, 0.717) is 12.8 Å². The van der Waals surface area contributed by atoms with Crippen molar-refractivity contribution in [1.82, 2.24) is 0 Å². The number of ether oxygens (including phenoxy) is 2. The van der Waals surface area contributed by atoms with Crippen molar-refractivity contribution in [3.05, 3.63) is 0 Å². The standard InChI is InChI=1S/C70H140NO8P/c1-3-5-7-9-11-13-15-17-19-21-23-25-27-29-31-33-34-35-37-39-41-43-45-47-49-51-53-55-57-59-61-63-70(73)79-68(67-78-80(74,75)77-65-64-71)66-76-69(72)62-60-58-56-54-52-50-48-46-44-42-40-38-36-32-30-28-26-24-22-20-18-16-14-12-10-8-6-4-2/h68H,3-67,71H2,1-2H3,(H,74,75). The SMILES string of the molecule is CCCCCCCCCCCCCCCCCCCCCCCCCCCCCCCCCC(=O)OC(COC(=O)CCCCCCCCCCCCCCCCCCCCCCCCCCCCCC)COP(=O)(O)OCCN. The van der Waals surface area contributed by atoms with Gasteiger partial charge in [-0.1, -0.05) is 380 Å². The highest BCUT2D eigenvalue weighted by Gasteiger charge is 2.26. The van der Waals surface area contributed by atoms with E-state index in [2.05, 4.69) is 13.8 Å². The molecular weight excluding hydrogens is 1010 g/mol. The molecule has 0 fully saturated rings. The average Bonchev–Trinajstić information content (AvgIpc) is 3.45. The van der Waals surface area contributed by atoms with Gasteiger partial charge in [0.05, 0.1) is 13.2 Å². The maximum absolute atomic E-state index is 12.8. The van der Waals surface area contributed by atoms with Crippen LogP contribution in [-0.2, 0) is 32.7 Å². The number of esters is 2. The zero-order valence-electron chi connectivity index (χ0n) is 53.9. The molecule has 0 saturated carbocycles. The largest absolute Gasteiger partial charge is 0.472 e. The summed E-state index contributed by atoms with van der Waals surface area (Å²) < 4.78 is 33.2. The highest BCUT2D eigenvalue weighted by atomic mass is 31.2. The summed E-state index contributed by atoms with van der Waals surface area (Å²) in [7, 11) is -4.39. The van der Waals surface area contributed by atoms with Gasteiger partial charge in [-0.3, -0.25) is 18.6 Å². The molecule has 0 amide bonds. The van der Waals surface area contributed by atoms with Crippen LogP contribution >= 0.6 is 7.82 Å². The fourth-order valence-electron chi connectivity index (χ4n) is 11.4. The van der Waals surface area contributed by atoms with E-state index in [0.717, 1.165) is 32.1 Å². The molecule has 0 radical (unpaired) electrons. The molecule has 2 unspecified atom stereocenters. The number of carbonyl (C=O) groups excluding carboxylic acids is 2. The number of carbonyl (C=O) groups is 2. The number of unbranched alkanes of at least 4 members (excludes halogenated alkanes) is 57. The lowest BCUT2D eigenvalue weighted by Gasteiger charge is -2.19. The van der Waals surface area contributed by atoms with Crippen molar-refractivity contribution in [1.29, 1.82) is 0 Å². The predicted octanol–water partition coefficient (Wildman–Crippen LogP) is 23.4. The number of hydrogen-bond acceptors (Lipinski definition) is 8. The smallest absolute Gasteiger partial charge is 0.462 e. The van der Waals surface area contributed by atoms with Gasteiger partial charge in [0.1, 0.15) is 6.61 Å². The van der Waals surface area contributed by atoms with Crippen molar-refractivity contribution in [3.63, 3.8) is 0 Å². The van der Waals surface area contributed by atoms with Crippen molar-refractivity contribution in [2.45, 2.75) is 412 Å².